The molecule has 19 heavy (non-hydrogen) atoms. The molecule has 0 amide bonds. The second-order valence-corrected chi connectivity index (χ2v) is 4.00. The molecule has 0 radical (unpaired) electrons. The molecule has 0 aliphatic carbocycles. The molecule has 0 unspecified atom stereocenters. The highest BCUT2D eigenvalue weighted by atomic mass is 19.1. The minimum atomic E-state index is -0.682. The largest absolute Gasteiger partial charge is 0.398 e. The summed E-state index contributed by atoms with van der Waals surface area (Å²) in [4.78, 5) is 0. The van der Waals surface area contributed by atoms with Gasteiger partial charge in [0.25, 0.3) is 0 Å². The van der Waals surface area contributed by atoms with E-state index in [-0.39, 0.29) is 12.1 Å². The third-order valence-electron chi connectivity index (χ3n) is 2.62. The lowest BCUT2D eigenvalue weighted by atomic mass is 10.1. The Morgan fingerprint density at radius 1 is 1.16 bits per heavy atom. The first kappa shape index (κ1) is 12.8. The predicted octanol–water partition coefficient (Wildman–Crippen LogP) is 3.36. The molecule has 3 nitrogen and oxygen atoms in total. The molecule has 3 N–H and O–H groups in total. The van der Waals surface area contributed by atoms with Crippen molar-refractivity contribution in [1.29, 1.82) is 5.26 Å². The zero-order chi connectivity index (χ0) is 13.8. The van der Waals surface area contributed by atoms with Crippen LogP contribution in [-0.2, 0) is 6.42 Å². The van der Waals surface area contributed by atoms with Crippen molar-refractivity contribution in [3.8, 4) is 6.07 Å². The summed E-state index contributed by atoms with van der Waals surface area (Å²) in [5.74, 6) is -1.32. The van der Waals surface area contributed by atoms with Gasteiger partial charge in [-0.3, -0.25) is 0 Å². The maximum atomic E-state index is 13.5. The van der Waals surface area contributed by atoms with Crippen LogP contribution in [0.2, 0.25) is 0 Å². The molecule has 0 aromatic heterocycles. The third-order valence-corrected chi connectivity index (χ3v) is 2.62. The first-order valence-corrected chi connectivity index (χ1v) is 5.57. The highest BCUT2D eigenvalue weighted by Crippen LogP contribution is 2.24. The topological polar surface area (TPSA) is 61.8 Å². The van der Waals surface area contributed by atoms with E-state index in [2.05, 4.69) is 5.32 Å². The molecule has 0 heterocycles. The van der Waals surface area contributed by atoms with Crippen molar-refractivity contribution < 1.29 is 8.78 Å². The average molecular weight is 259 g/mol. The Hall–Kier alpha value is -2.61. The van der Waals surface area contributed by atoms with E-state index in [4.69, 9.17) is 11.0 Å². The molecule has 0 saturated carbocycles. The molecule has 0 spiro atoms. The van der Waals surface area contributed by atoms with Crippen molar-refractivity contribution in [2.75, 3.05) is 11.1 Å². The normalized spacial score (nSPS) is 9.95. The highest BCUT2D eigenvalue weighted by molar-refractivity contribution is 5.65. The molecule has 2 aromatic carbocycles. The molecule has 2 aromatic rings. The van der Waals surface area contributed by atoms with Crippen molar-refractivity contribution in [3.05, 3.63) is 53.6 Å². The van der Waals surface area contributed by atoms with Crippen molar-refractivity contribution in [2.45, 2.75) is 6.42 Å². The van der Waals surface area contributed by atoms with Gasteiger partial charge in [-0.2, -0.15) is 5.26 Å². The molecule has 0 atom stereocenters. The van der Waals surface area contributed by atoms with E-state index in [0.29, 0.717) is 16.9 Å². The fraction of sp³-hybridized carbons (Fsp3) is 0.0714. The Morgan fingerprint density at radius 2 is 1.95 bits per heavy atom. The van der Waals surface area contributed by atoms with E-state index in [9.17, 15) is 8.78 Å². The lowest BCUT2D eigenvalue weighted by Crippen LogP contribution is -1.98. The van der Waals surface area contributed by atoms with Gasteiger partial charge in [-0.15, -0.1) is 0 Å². The lowest BCUT2D eigenvalue weighted by Gasteiger charge is -2.10. The minimum absolute atomic E-state index is 0.161. The number of anilines is 3. The van der Waals surface area contributed by atoms with Crippen LogP contribution in [0.1, 0.15) is 5.56 Å². The van der Waals surface area contributed by atoms with Crippen molar-refractivity contribution in [3.63, 3.8) is 0 Å². The van der Waals surface area contributed by atoms with Crippen LogP contribution in [0.3, 0.4) is 0 Å². The van der Waals surface area contributed by atoms with E-state index in [0.717, 1.165) is 6.07 Å². The molecule has 96 valence electrons. The summed E-state index contributed by atoms with van der Waals surface area (Å²) in [6.07, 6.45) is 0.174. The van der Waals surface area contributed by atoms with Crippen molar-refractivity contribution >= 4 is 17.1 Å². The number of hydrogen-bond donors (Lipinski definition) is 2. The summed E-state index contributed by atoms with van der Waals surface area (Å²) < 4.78 is 26.3. The number of halogens is 2. The quantitative estimate of drug-likeness (QED) is 0.831. The number of hydrogen-bond acceptors (Lipinski definition) is 3. The monoisotopic (exact) mass is 259 g/mol. The van der Waals surface area contributed by atoms with Crippen LogP contribution in [0, 0.1) is 23.0 Å². The van der Waals surface area contributed by atoms with Crippen LogP contribution < -0.4 is 11.1 Å². The fourth-order valence-electron chi connectivity index (χ4n) is 1.67. The Kier molecular flexibility index (Phi) is 3.62. The maximum absolute atomic E-state index is 13.5. The molecular formula is C14H11F2N3. The number of nitriles is 1. The van der Waals surface area contributed by atoms with Gasteiger partial charge in [0.05, 0.1) is 18.2 Å². The number of nitrogen functional groups attached to an aromatic ring is 1. The van der Waals surface area contributed by atoms with Gasteiger partial charge in [-0.05, 0) is 35.9 Å². The molecule has 5 heteroatoms. The van der Waals surface area contributed by atoms with E-state index >= 15 is 0 Å². The van der Waals surface area contributed by atoms with Gasteiger partial charge in [-0.25, -0.2) is 8.78 Å². The minimum Gasteiger partial charge on any atom is -0.398 e. The van der Waals surface area contributed by atoms with Gasteiger partial charge in [-0.1, -0.05) is 0 Å². The average Bonchev–Trinajstić information content (AvgIpc) is 2.37. The number of benzene rings is 2. The first-order chi connectivity index (χ1) is 9.10. The van der Waals surface area contributed by atoms with Crippen LogP contribution in [0.25, 0.3) is 0 Å². The lowest BCUT2D eigenvalue weighted by molar-refractivity contribution is 0.586. The molecule has 0 aliphatic rings. The zero-order valence-electron chi connectivity index (χ0n) is 9.95. The number of nitrogens with zero attached hydrogens (tertiary/aromatic N) is 1. The summed E-state index contributed by atoms with van der Waals surface area (Å²) in [6.45, 7) is 0. The van der Waals surface area contributed by atoms with Gasteiger partial charge in [0.1, 0.15) is 11.6 Å². The number of rotatable bonds is 3. The van der Waals surface area contributed by atoms with E-state index in [1.807, 2.05) is 6.07 Å². The SMILES string of the molecule is N#CCc1cc(Nc2ccc(F)cc2F)ccc1N. The number of nitrogens with two attached hydrogens (primary N) is 1. The fourth-order valence-corrected chi connectivity index (χ4v) is 1.67. The molecule has 0 saturated heterocycles. The van der Waals surface area contributed by atoms with Gasteiger partial charge in [0, 0.05) is 17.4 Å². The van der Waals surface area contributed by atoms with Crippen LogP contribution >= 0.6 is 0 Å². The number of nitrogens with one attached hydrogen (secondary N) is 1. The van der Waals surface area contributed by atoms with Crippen molar-refractivity contribution in [1.82, 2.24) is 0 Å². The van der Waals surface area contributed by atoms with Crippen LogP contribution in [0.15, 0.2) is 36.4 Å². The Balaban J connectivity index is 2.28. The third kappa shape index (κ3) is 2.99. The van der Waals surface area contributed by atoms with Gasteiger partial charge in [0.2, 0.25) is 0 Å². The van der Waals surface area contributed by atoms with E-state index in [1.165, 1.54) is 12.1 Å². The van der Waals surface area contributed by atoms with E-state index < -0.39 is 11.6 Å². The summed E-state index contributed by atoms with van der Waals surface area (Å²) in [6, 6.07) is 10.2. The van der Waals surface area contributed by atoms with Crippen LogP contribution in [0.5, 0.6) is 0 Å². The molecule has 0 fully saturated rings. The van der Waals surface area contributed by atoms with Gasteiger partial charge in [0.15, 0.2) is 0 Å². The highest BCUT2D eigenvalue weighted by Gasteiger charge is 2.06. The molecule has 2 rings (SSSR count). The Bertz CT molecular complexity index is 648. The molecule has 0 aliphatic heterocycles. The van der Waals surface area contributed by atoms with Gasteiger partial charge < -0.3 is 11.1 Å². The molecular weight excluding hydrogens is 248 g/mol. The van der Waals surface area contributed by atoms with Crippen LogP contribution in [0.4, 0.5) is 25.8 Å². The Labute approximate surface area is 109 Å². The van der Waals surface area contributed by atoms with Gasteiger partial charge >= 0.3 is 0 Å². The summed E-state index contributed by atoms with van der Waals surface area (Å²) in [5.41, 5.74) is 7.63. The smallest absolute Gasteiger partial charge is 0.149 e. The van der Waals surface area contributed by atoms with Crippen LogP contribution in [-0.4, -0.2) is 0 Å². The summed E-state index contributed by atoms with van der Waals surface area (Å²) in [5, 5.41) is 11.5. The molecule has 0 bridgehead atoms. The standard InChI is InChI=1S/C14H11F2N3/c15-10-1-4-14(12(16)8-10)19-11-2-3-13(18)9(7-11)5-6-17/h1-4,7-8,19H,5,18H2. The zero-order valence-corrected chi connectivity index (χ0v) is 9.95. The van der Waals surface area contributed by atoms with E-state index in [1.54, 1.807) is 18.2 Å². The Morgan fingerprint density at radius 3 is 2.63 bits per heavy atom. The second-order valence-electron chi connectivity index (χ2n) is 4.00. The second kappa shape index (κ2) is 5.36. The van der Waals surface area contributed by atoms with Crippen molar-refractivity contribution in [2.24, 2.45) is 0 Å². The summed E-state index contributed by atoms with van der Waals surface area (Å²) >= 11 is 0. The first-order valence-electron chi connectivity index (χ1n) is 5.57. The maximum Gasteiger partial charge on any atom is 0.149 e. The predicted molar refractivity (Wildman–Crippen MR) is 69.8 cm³/mol. The summed E-state index contributed by atoms with van der Waals surface area (Å²) in [7, 11) is 0.